The molecule has 31 heavy (non-hydrogen) atoms. The smallest absolute Gasteiger partial charge is 0.331 e. The van der Waals surface area contributed by atoms with E-state index in [1.807, 2.05) is 69.5 Å². The van der Waals surface area contributed by atoms with E-state index in [0.29, 0.717) is 5.82 Å². The zero-order valence-corrected chi connectivity index (χ0v) is 18.6. The Morgan fingerprint density at radius 2 is 1.81 bits per heavy atom. The van der Waals surface area contributed by atoms with Crippen LogP contribution in [0.25, 0.3) is 11.9 Å². The second kappa shape index (κ2) is 9.04. The van der Waals surface area contributed by atoms with Crippen LogP contribution in [0, 0.1) is 34.6 Å². The highest BCUT2D eigenvalue weighted by Crippen LogP contribution is 2.22. The summed E-state index contributed by atoms with van der Waals surface area (Å²) in [6.07, 6.45) is 2.06. The molecule has 3 rings (SSSR count). The molecule has 0 aliphatic carbocycles. The van der Waals surface area contributed by atoms with Crippen LogP contribution in [-0.2, 0) is 14.3 Å². The van der Waals surface area contributed by atoms with Gasteiger partial charge in [0, 0.05) is 29.2 Å². The fourth-order valence-corrected chi connectivity index (χ4v) is 3.43. The first-order valence-electron chi connectivity index (χ1n) is 10.1. The third-order valence-electron chi connectivity index (χ3n) is 5.11. The molecule has 1 amide bonds. The highest BCUT2D eigenvalue weighted by atomic mass is 16.5. The van der Waals surface area contributed by atoms with Crippen LogP contribution < -0.4 is 5.32 Å². The largest absolute Gasteiger partial charge is 0.449 e. The molecule has 0 spiro atoms. The number of nitrogens with one attached hydrogen (secondary N) is 1. The molecule has 0 saturated carbocycles. The topological polar surface area (TPSA) is 86.4 Å². The van der Waals surface area contributed by atoms with Gasteiger partial charge in [-0.2, -0.15) is 0 Å². The molecule has 7 heteroatoms. The third kappa shape index (κ3) is 4.94. The molecule has 1 atom stereocenters. The van der Waals surface area contributed by atoms with Crippen LogP contribution in [0.1, 0.15) is 40.8 Å². The number of benzene rings is 1. The molecule has 7 nitrogen and oxygen atoms in total. The second-order valence-corrected chi connectivity index (χ2v) is 7.63. The number of rotatable bonds is 6. The molecule has 0 unspecified atom stereocenters. The number of aromatic nitrogens is 2. The summed E-state index contributed by atoms with van der Waals surface area (Å²) in [5.41, 5.74) is 5.36. The van der Waals surface area contributed by atoms with Gasteiger partial charge in [-0.15, -0.1) is 0 Å². The van der Waals surface area contributed by atoms with Crippen LogP contribution >= 0.6 is 0 Å². The molecule has 2 aromatic heterocycles. The van der Waals surface area contributed by atoms with E-state index in [1.54, 1.807) is 13.0 Å². The van der Waals surface area contributed by atoms with Crippen molar-refractivity contribution in [1.29, 1.82) is 0 Å². The van der Waals surface area contributed by atoms with Gasteiger partial charge in [-0.05, 0) is 70.4 Å². The predicted octanol–water partition coefficient (Wildman–Crippen LogP) is 4.59. The zero-order valence-electron chi connectivity index (χ0n) is 18.6. The minimum atomic E-state index is -0.929. The third-order valence-corrected chi connectivity index (χ3v) is 5.11. The van der Waals surface area contributed by atoms with E-state index in [2.05, 4.69) is 10.5 Å². The Balaban J connectivity index is 1.66. The van der Waals surface area contributed by atoms with E-state index < -0.39 is 12.1 Å². The second-order valence-electron chi connectivity index (χ2n) is 7.63. The number of hydrogen-bond donors (Lipinski definition) is 1. The van der Waals surface area contributed by atoms with Crippen molar-refractivity contribution >= 4 is 23.6 Å². The average molecular weight is 421 g/mol. The maximum atomic E-state index is 12.5. The minimum absolute atomic E-state index is 0.376. The van der Waals surface area contributed by atoms with Gasteiger partial charge in [0.05, 0.1) is 0 Å². The first kappa shape index (κ1) is 22.1. The lowest BCUT2D eigenvalue weighted by Crippen LogP contribution is -2.30. The van der Waals surface area contributed by atoms with E-state index in [0.717, 1.165) is 39.5 Å². The number of anilines is 1. The SMILES string of the molecule is Cc1cc(-n2c(C)cc(/C=C/C(=O)O[C@H](C)C(=O)Nc3c(C)cccc3C)c2C)no1. The van der Waals surface area contributed by atoms with Gasteiger partial charge in [0.2, 0.25) is 0 Å². The normalized spacial score (nSPS) is 12.2. The summed E-state index contributed by atoms with van der Waals surface area (Å²) in [4.78, 5) is 24.7. The number of esters is 1. The first-order valence-corrected chi connectivity index (χ1v) is 10.1. The quantitative estimate of drug-likeness (QED) is 0.465. The van der Waals surface area contributed by atoms with Gasteiger partial charge in [-0.25, -0.2) is 4.79 Å². The Morgan fingerprint density at radius 1 is 1.13 bits per heavy atom. The van der Waals surface area contributed by atoms with Crippen LogP contribution in [0.3, 0.4) is 0 Å². The van der Waals surface area contributed by atoms with Crippen LogP contribution in [0.2, 0.25) is 0 Å². The summed E-state index contributed by atoms with van der Waals surface area (Å²) in [6.45, 7) is 11.1. The summed E-state index contributed by atoms with van der Waals surface area (Å²) < 4.78 is 12.4. The van der Waals surface area contributed by atoms with Crippen molar-refractivity contribution < 1.29 is 18.8 Å². The van der Waals surface area contributed by atoms with E-state index in [1.165, 1.54) is 6.08 Å². The molecule has 0 aliphatic heterocycles. The van der Waals surface area contributed by atoms with Crippen molar-refractivity contribution in [2.24, 2.45) is 0 Å². The van der Waals surface area contributed by atoms with Crippen molar-refractivity contribution in [3.8, 4) is 5.82 Å². The number of aryl methyl sites for hydroxylation is 4. The Hall–Kier alpha value is -3.61. The number of para-hydroxylation sites is 1. The molecule has 2 heterocycles. The Bertz CT molecular complexity index is 1130. The Morgan fingerprint density at radius 3 is 2.42 bits per heavy atom. The molecule has 162 valence electrons. The van der Waals surface area contributed by atoms with Crippen LogP contribution in [0.4, 0.5) is 5.69 Å². The standard InChI is InChI=1S/C24H27N3O4/c1-14-8-7-9-15(2)23(14)25-24(29)19(6)30-22(28)11-10-20-12-16(3)27(18(20)5)21-13-17(4)31-26-21/h7-13,19H,1-6H3,(H,25,29)/b11-10+/t19-/m1/s1. The molecule has 0 bridgehead atoms. The fourth-order valence-electron chi connectivity index (χ4n) is 3.43. The van der Waals surface area contributed by atoms with E-state index >= 15 is 0 Å². The number of hydrogen-bond acceptors (Lipinski definition) is 5. The van der Waals surface area contributed by atoms with E-state index in [9.17, 15) is 9.59 Å². The summed E-state index contributed by atoms with van der Waals surface area (Å²) in [6, 6.07) is 9.55. The molecule has 1 N–H and O–H groups in total. The fraction of sp³-hybridized carbons (Fsp3) is 0.292. The molecule has 1 aromatic carbocycles. The molecule has 0 saturated heterocycles. The highest BCUT2D eigenvalue weighted by molar-refractivity contribution is 5.97. The molecule has 3 aromatic rings. The van der Waals surface area contributed by atoms with Gasteiger partial charge < -0.3 is 14.6 Å². The van der Waals surface area contributed by atoms with Gasteiger partial charge in [-0.3, -0.25) is 9.36 Å². The van der Waals surface area contributed by atoms with E-state index in [4.69, 9.17) is 9.26 Å². The van der Waals surface area contributed by atoms with Crippen molar-refractivity contribution in [2.75, 3.05) is 5.32 Å². The summed E-state index contributed by atoms with van der Waals surface area (Å²) in [5, 5.41) is 6.89. The monoisotopic (exact) mass is 421 g/mol. The number of carbonyl (C=O) groups is 2. The molecule has 0 radical (unpaired) electrons. The van der Waals surface area contributed by atoms with Crippen LogP contribution in [0.5, 0.6) is 0 Å². The van der Waals surface area contributed by atoms with Crippen molar-refractivity contribution in [3.05, 3.63) is 70.2 Å². The van der Waals surface area contributed by atoms with Crippen LogP contribution in [0.15, 0.2) is 40.9 Å². The Kier molecular flexibility index (Phi) is 6.44. The number of carbonyl (C=O) groups excluding carboxylic acids is 2. The summed E-state index contributed by atoms with van der Waals surface area (Å²) in [5.74, 6) is 0.438. The maximum absolute atomic E-state index is 12.5. The molecule has 0 aliphatic rings. The number of amides is 1. The highest BCUT2D eigenvalue weighted by Gasteiger charge is 2.18. The Labute approximate surface area is 181 Å². The minimum Gasteiger partial charge on any atom is -0.449 e. The molecular formula is C24H27N3O4. The van der Waals surface area contributed by atoms with Gasteiger partial charge in [0.15, 0.2) is 11.9 Å². The maximum Gasteiger partial charge on any atom is 0.331 e. The van der Waals surface area contributed by atoms with Crippen LogP contribution in [-0.4, -0.2) is 27.7 Å². The van der Waals surface area contributed by atoms with Gasteiger partial charge in [-0.1, -0.05) is 23.4 Å². The van der Waals surface area contributed by atoms with Gasteiger partial charge in [0.1, 0.15) is 5.76 Å². The average Bonchev–Trinajstić information content (AvgIpc) is 3.25. The van der Waals surface area contributed by atoms with Gasteiger partial charge in [0.25, 0.3) is 5.91 Å². The lowest BCUT2D eigenvalue weighted by atomic mass is 10.1. The lowest BCUT2D eigenvalue weighted by molar-refractivity contribution is -0.148. The molecule has 0 fully saturated rings. The number of ether oxygens (including phenoxy) is 1. The predicted molar refractivity (Wildman–Crippen MR) is 119 cm³/mol. The first-order chi connectivity index (χ1) is 14.7. The van der Waals surface area contributed by atoms with Crippen molar-refractivity contribution in [1.82, 2.24) is 9.72 Å². The van der Waals surface area contributed by atoms with Crippen molar-refractivity contribution in [3.63, 3.8) is 0 Å². The number of nitrogens with zero attached hydrogens (tertiary/aromatic N) is 2. The molecular weight excluding hydrogens is 394 g/mol. The van der Waals surface area contributed by atoms with Crippen molar-refractivity contribution in [2.45, 2.75) is 47.6 Å². The van der Waals surface area contributed by atoms with Gasteiger partial charge >= 0.3 is 5.97 Å². The zero-order chi connectivity index (χ0) is 22.7. The summed E-state index contributed by atoms with van der Waals surface area (Å²) in [7, 11) is 0. The summed E-state index contributed by atoms with van der Waals surface area (Å²) >= 11 is 0. The lowest BCUT2D eigenvalue weighted by Gasteiger charge is -2.15. The van der Waals surface area contributed by atoms with E-state index in [-0.39, 0.29) is 5.91 Å².